The number of ether oxygens (including phenoxy) is 1. The summed E-state index contributed by atoms with van der Waals surface area (Å²) in [6, 6.07) is 16.2. The molecule has 0 atom stereocenters. The minimum absolute atomic E-state index is 0.0749. The third-order valence-electron chi connectivity index (χ3n) is 3.55. The summed E-state index contributed by atoms with van der Waals surface area (Å²) in [6.07, 6.45) is 0.0749. The van der Waals surface area contributed by atoms with Crippen LogP contribution in [-0.4, -0.2) is 39.4 Å². The van der Waals surface area contributed by atoms with Gasteiger partial charge in [-0.25, -0.2) is 4.68 Å². The third-order valence-corrected chi connectivity index (χ3v) is 3.55. The fourth-order valence-electron chi connectivity index (χ4n) is 2.37. The molecule has 0 fully saturated rings. The van der Waals surface area contributed by atoms with Gasteiger partial charge in [-0.3, -0.25) is 19.7 Å². The van der Waals surface area contributed by atoms with Crippen LogP contribution >= 0.6 is 0 Å². The van der Waals surface area contributed by atoms with Gasteiger partial charge in [-0.2, -0.15) is 0 Å². The van der Waals surface area contributed by atoms with Crippen molar-refractivity contribution in [3.8, 4) is 0 Å². The van der Waals surface area contributed by atoms with Crippen LogP contribution in [0.3, 0.4) is 0 Å². The maximum absolute atomic E-state index is 11.9. The second-order valence-electron chi connectivity index (χ2n) is 5.53. The largest absolute Gasteiger partial charge is 0.454 e. The predicted octanol–water partition coefficient (Wildman–Crippen LogP) is 0.860. The molecule has 3 rings (SSSR count). The summed E-state index contributed by atoms with van der Waals surface area (Å²) in [6.45, 7) is -0.711. The van der Waals surface area contributed by atoms with E-state index in [1.54, 1.807) is 42.5 Å². The standard InChI is InChI=1S/C18H16N4O4/c23-16(10-13-6-2-1-3-7-13)19-17(24)12-26-18(25)11-22-15-9-5-4-8-14(15)20-21-22/h1-9H,10-12H2,(H,19,23,24). The molecule has 132 valence electrons. The molecular weight excluding hydrogens is 336 g/mol. The van der Waals surface area contributed by atoms with E-state index in [1.807, 2.05) is 12.1 Å². The van der Waals surface area contributed by atoms with Crippen molar-refractivity contribution in [1.82, 2.24) is 20.3 Å². The number of nitrogens with one attached hydrogen (secondary N) is 1. The number of fused-ring (bicyclic) bond motifs is 1. The SMILES string of the molecule is O=C(COC(=O)Cn1nnc2ccccc21)NC(=O)Cc1ccccc1. The molecule has 3 aromatic rings. The van der Waals surface area contributed by atoms with E-state index in [0.717, 1.165) is 5.56 Å². The van der Waals surface area contributed by atoms with Gasteiger partial charge in [-0.05, 0) is 17.7 Å². The number of carbonyl (C=O) groups excluding carboxylic acids is 3. The molecule has 1 heterocycles. The Balaban J connectivity index is 1.45. The first-order valence-corrected chi connectivity index (χ1v) is 7.92. The Bertz CT molecular complexity index is 937. The molecule has 26 heavy (non-hydrogen) atoms. The van der Waals surface area contributed by atoms with Crippen molar-refractivity contribution < 1.29 is 19.1 Å². The van der Waals surface area contributed by atoms with Gasteiger partial charge in [0.2, 0.25) is 5.91 Å². The first-order chi connectivity index (χ1) is 12.6. The number of benzene rings is 2. The van der Waals surface area contributed by atoms with E-state index in [2.05, 4.69) is 15.6 Å². The Morgan fingerprint density at radius 1 is 0.962 bits per heavy atom. The van der Waals surface area contributed by atoms with Gasteiger partial charge in [0.1, 0.15) is 12.1 Å². The average Bonchev–Trinajstić information content (AvgIpc) is 3.04. The highest BCUT2D eigenvalue weighted by atomic mass is 16.5. The lowest BCUT2D eigenvalue weighted by Gasteiger charge is -2.06. The van der Waals surface area contributed by atoms with E-state index in [1.165, 1.54) is 4.68 Å². The monoisotopic (exact) mass is 352 g/mol. The summed E-state index contributed by atoms with van der Waals surface area (Å²) >= 11 is 0. The number of hydrogen-bond acceptors (Lipinski definition) is 6. The fourth-order valence-corrected chi connectivity index (χ4v) is 2.37. The summed E-state index contributed by atoms with van der Waals surface area (Å²) < 4.78 is 6.27. The van der Waals surface area contributed by atoms with Crippen molar-refractivity contribution in [1.29, 1.82) is 0 Å². The van der Waals surface area contributed by atoms with E-state index in [0.29, 0.717) is 11.0 Å². The van der Waals surface area contributed by atoms with Crippen LogP contribution in [0, 0.1) is 0 Å². The highest BCUT2D eigenvalue weighted by molar-refractivity contribution is 5.97. The van der Waals surface area contributed by atoms with Crippen LogP contribution in [0.4, 0.5) is 0 Å². The maximum atomic E-state index is 11.9. The van der Waals surface area contributed by atoms with Crippen molar-refractivity contribution in [2.24, 2.45) is 0 Å². The van der Waals surface area contributed by atoms with E-state index in [-0.39, 0.29) is 13.0 Å². The molecule has 1 N–H and O–H groups in total. The summed E-state index contributed by atoms with van der Waals surface area (Å²) in [4.78, 5) is 35.4. The Hall–Kier alpha value is -3.55. The van der Waals surface area contributed by atoms with Gasteiger partial charge in [0.05, 0.1) is 11.9 Å². The van der Waals surface area contributed by atoms with Gasteiger partial charge in [-0.1, -0.05) is 47.7 Å². The second kappa shape index (κ2) is 8.02. The Labute approximate surface area is 148 Å². The van der Waals surface area contributed by atoms with Crippen LogP contribution in [-0.2, 0) is 32.1 Å². The Morgan fingerprint density at radius 2 is 1.69 bits per heavy atom. The third kappa shape index (κ3) is 4.50. The van der Waals surface area contributed by atoms with Crippen LogP contribution in [0.15, 0.2) is 54.6 Å². The molecule has 0 aliphatic heterocycles. The lowest BCUT2D eigenvalue weighted by molar-refractivity contribution is -0.150. The van der Waals surface area contributed by atoms with Crippen molar-refractivity contribution in [3.05, 3.63) is 60.2 Å². The van der Waals surface area contributed by atoms with Crippen LogP contribution in [0.25, 0.3) is 11.0 Å². The van der Waals surface area contributed by atoms with Gasteiger partial charge in [-0.15, -0.1) is 5.10 Å². The van der Waals surface area contributed by atoms with E-state index in [9.17, 15) is 14.4 Å². The maximum Gasteiger partial charge on any atom is 0.328 e. The quantitative estimate of drug-likeness (QED) is 0.660. The highest BCUT2D eigenvalue weighted by Gasteiger charge is 2.13. The number of rotatable bonds is 6. The van der Waals surface area contributed by atoms with Gasteiger partial charge in [0.25, 0.3) is 5.91 Å². The number of amides is 2. The molecule has 0 saturated heterocycles. The molecule has 0 aliphatic carbocycles. The first kappa shape index (κ1) is 17.3. The highest BCUT2D eigenvalue weighted by Crippen LogP contribution is 2.09. The zero-order valence-corrected chi connectivity index (χ0v) is 13.8. The molecular formula is C18H16N4O4. The smallest absolute Gasteiger partial charge is 0.328 e. The zero-order chi connectivity index (χ0) is 18.4. The van der Waals surface area contributed by atoms with Crippen molar-refractivity contribution in [2.45, 2.75) is 13.0 Å². The number of carbonyl (C=O) groups is 3. The van der Waals surface area contributed by atoms with Crippen LogP contribution < -0.4 is 5.32 Å². The number of nitrogens with zero attached hydrogens (tertiary/aromatic N) is 3. The number of esters is 1. The molecule has 2 aromatic carbocycles. The number of aromatic nitrogens is 3. The van der Waals surface area contributed by atoms with E-state index < -0.39 is 24.4 Å². The number of imide groups is 1. The second-order valence-corrected chi connectivity index (χ2v) is 5.53. The lowest BCUT2D eigenvalue weighted by Crippen LogP contribution is -2.35. The number of hydrogen-bond donors (Lipinski definition) is 1. The minimum atomic E-state index is -0.678. The minimum Gasteiger partial charge on any atom is -0.454 e. The van der Waals surface area contributed by atoms with Gasteiger partial charge in [0.15, 0.2) is 6.61 Å². The van der Waals surface area contributed by atoms with Crippen LogP contribution in [0.1, 0.15) is 5.56 Å². The van der Waals surface area contributed by atoms with Crippen LogP contribution in [0.2, 0.25) is 0 Å². The lowest BCUT2D eigenvalue weighted by atomic mass is 10.1. The van der Waals surface area contributed by atoms with E-state index >= 15 is 0 Å². The molecule has 8 nitrogen and oxygen atoms in total. The molecule has 2 amide bonds. The van der Waals surface area contributed by atoms with Crippen molar-refractivity contribution in [2.75, 3.05) is 6.61 Å². The Kier molecular flexibility index (Phi) is 5.33. The summed E-state index contributed by atoms with van der Waals surface area (Å²) in [5.74, 6) is -1.78. The first-order valence-electron chi connectivity index (χ1n) is 7.92. The molecule has 0 bridgehead atoms. The summed E-state index contributed by atoms with van der Waals surface area (Å²) in [7, 11) is 0. The average molecular weight is 352 g/mol. The molecule has 8 heteroatoms. The molecule has 0 radical (unpaired) electrons. The molecule has 0 unspecified atom stereocenters. The topological polar surface area (TPSA) is 103 Å². The molecule has 1 aromatic heterocycles. The van der Waals surface area contributed by atoms with Gasteiger partial charge >= 0.3 is 5.97 Å². The van der Waals surface area contributed by atoms with Crippen molar-refractivity contribution in [3.63, 3.8) is 0 Å². The van der Waals surface area contributed by atoms with Gasteiger partial charge < -0.3 is 4.74 Å². The normalized spacial score (nSPS) is 10.5. The molecule has 0 saturated carbocycles. The fraction of sp³-hybridized carbons (Fsp3) is 0.167. The van der Waals surface area contributed by atoms with Crippen molar-refractivity contribution >= 4 is 28.8 Å². The predicted molar refractivity (Wildman–Crippen MR) is 91.8 cm³/mol. The summed E-state index contributed by atoms with van der Waals surface area (Å²) in [5.41, 5.74) is 2.13. The van der Waals surface area contributed by atoms with Crippen LogP contribution in [0.5, 0.6) is 0 Å². The molecule has 0 aliphatic rings. The Morgan fingerprint density at radius 3 is 2.50 bits per heavy atom. The van der Waals surface area contributed by atoms with E-state index in [4.69, 9.17) is 4.74 Å². The summed E-state index contributed by atoms with van der Waals surface area (Å²) in [5, 5.41) is 9.98. The zero-order valence-electron chi connectivity index (χ0n) is 13.8. The molecule has 0 spiro atoms. The van der Waals surface area contributed by atoms with Gasteiger partial charge in [0, 0.05) is 0 Å². The number of para-hydroxylation sites is 1.